The minimum Gasteiger partial charge on any atom is -0.458 e. The molecule has 0 saturated carbocycles. The van der Waals surface area contributed by atoms with E-state index in [1.54, 1.807) is 26.8 Å². The smallest absolute Gasteiger partial charge is 0.458 e. The molecule has 0 heterocycles. The Morgan fingerprint density at radius 3 is 1.82 bits per heavy atom. The lowest BCUT2D eigenvalue weighted by atomic mass is 10.1. The van der Waals surface area contributed by atoms with Crippen molar-refractivity contribution in [2.75, 3.05) is 13.2 Å². The summed E-state index contributed by atoms with van der Waals surface area (Å²) >= 11 is 0. The normalized spacial score (nSPS) is 14.0. The molecule has 0 saturated heterocycles. The molecule has 0 aliphatic carbocycles. The first-order valence-electron chi connectivity index (χ1n) is 13.4. The van der Waals surface area contributed by atoms with Crippen LogP contribution in [-0.4, -0.2) is 62.0 Å². The van der Waals surface area contributed by atoms with E-state index in [4.69, 9.17) is 38.9 Å². The van der Waals surface area contributed by atoms with Crippen LogP contribution in [0.3, 0.4) is 0 Å². The topological polar surface area (TPSA) is 159 Å². The van der Waals surface area contributed by atoms with Crippen LogP contribution in [0.5, 0.6) is 11.5 Å². The van der Waals surface area contributed by atoms with Gasteiger partial charge in [-0.25, -0.2) is 14.4 Å². The van der Waals surface area contributed by atoms with E-state index in [1.165, 1.54) is 12.1 Å². The minimum atomic E-state index is -1.10. The number of hydrogen-bond acceptors (Lipinski definition) is 12. The highest BCUT2D eigenvalue weighted by atomic mass is 16.8. The summed E-state index contributed by atoms with van der Waals surface area (Å²) in [5, 5.41) is 0. The van der Waals surface area contributed by atoms with Gasteiger partial charge in [-0.15, -0.1) is 0 Å². The van der Waals surface area contributed by atoms with E-state index < -0.39 is 48.8 Å². The van der Waals surface area contributed by atoms with Gasteiger partial charge in [0.25, 0.3) is 0 Å². The fourth-order valence-electron chi connectivity index (χ4n) is 2.72. The van der Waals surface area contributed by atoms with E-state index in [0.717, 1.165) is 0 Å². The van der Waals surface area contributed by atoms with Crippen LogP contribution in [0.4, 0.5) is 14.4 Å². The quantitative estimate of drug-likeness (QED) is 0.178. The Bertz CT molecular complexity index is 979. The second kappa shape index (κ2) is 17.2. The average molecular weight is 570 g/mol. The van der Waals surface area contributed by atoms with Crippen molar-refractivity contribution in [2.24, 2.45) is 17.6 Å². The minimum absolute atomic E-state index is 0.00608. The molecule has 4 atom stereocenters. The van der Waals surface area contributed by atoms with Crippen molar-refractivity contribution in [2.45, 2.75) is 92.6 Å². The maximum atomic E-state index is 12.5. The summed E-state index contributed by atoms with van der Waals surface area (Å²) in [5.74, 6) is -0.849. The van der Waals surface area contributed by atoms with Crippen molar-refractivity contribution >= 4 is 24.4 Å². The second-order valence-electron chi connectivity index (χ2n) is 10.1. The van der Waals surface area contributed by atoms with Gasteiger partial charge in [0.1, 0.15) is 31.0 Å². The van der Waals surface area contributed by atoms with Gasteiger partial charge in [-0.1, -0.05) is 40.7 Å². The fraction of sp³-hybridized carbons (Fsp3) is 0.643. The SMILES string of the molecule is CCCOC(=O)OC[C@H](C)OC(=O)[C@@H](N)Cc1ccc(OC(=O)OC(C)C(C)C)c(OC(=O)OC(C)C(C)C)c1. The first-order chi connectivity index (χ1) is 18.7. The number of nitrogens with two attached hydrogens (primary N) is 1. The number of carbonyl (C=O) groups excluding carboxylic acids is 4. The molecule has 12 nitrogen and oxygen atoms in total. The van der Waals surface area contributed by atoms with Crippen LogP contribution in [0.2, 0.25) is 0 Å². The van der Waals surface area contributed by atoms with Crippen molar-refractivity contribution in [1.82, 2.24) is 0 Å². The molecule has 0 radical (unpaired) electrons. The largest absolute Gasteiger partial charge is 0.514 e. The van der Waals surface area contributed by atoms with Gasteiger partial charge in [-0.05, 0) is 63.1 Å². The Hall–Kier alpha value is -3.54. The molecule has 0 spiro atoms. The third-order valence-corrected chi connectivity index (χ3v) is 5.77. The van der Waals surface area contributed by atoms with Crippen LogP contribution in [0.1, 0.15) is 67.4 Å². The van der Waals surface area contributed by atoms with Crippen molar-refractivity contribution < 1.29 is 52.3 Å². The number of hydrogen-bond donors (Lipinski definition) is 1. The van der Waals surface area contributed by atoms with Gasteiger partial charge in [0, 0.05) is 0 Å². The molecular weight excluding hydrogens is 526 g/mol. The van der Waals surface area contributed by atoms with E-state index in [-0.39, 0.29) is 43.0 Å². The van der Waals surface area contributed by atoms with Crippen LogP contribution in [-0.2, 0) is 34.9 Å². The molecular formula is C28H43NO11. The Morgan fingerprint density at radius 1 is 0.750 bits per heavy atom. The number of carbonyl (C=O) groups is 4. The lowest BCUT2D eigenvalue weighted by molar-refractivity contribution is -0.152. The maximum absolute atomic E-state index is 12.5. The molecule has 0 bridgehead atoms. The summed E-state index contributed by atoms with van der Waals surface area (Å²) in [6.45, 7) is 14.4. The van der Waals surface area contributed by atoms with Crippen LogP contribution in [0, 0.1) is 11.8 Å². The van der Waals surface area contributed by atoms with Crippen molar-refractivity contribution in [3.8, 4) is 11.5 Å². The highest BCUT2D eigenvalue weighted by Gasteiger charge is 2.24. The number of ether oxygens (including phenoxy) is 7. The Balaban J connectivity index is 2.94. The lowest BCUT2D eigenvalue weighted by Gasteiger charge is -2.19. The van der Waals surface area contributed by atoms with Gasteiger partial charge in [0.15, 0.2) is 11.5 Å². The molecule has 1 rings (SSSR count). The maximum Gasteiger partial charge on any atom is 0.514 e. The summed E-state index contributed by atoms with van der Waals surface area (Å²) in [4.78, 5) is 48.6. The zero-order valence-corrected chi connectivity index (χ0v) is 24.6. The van der Waals surface area contributed by atoms with Crippen molar-refractivity contribution in [3.63, 3.8) is 0 Å². The third kappa shape index (κ3) is 13.0. The fourth-order valence-corrected chi connectivity index (χ4v) is 2.72. The number of esters is 1. The van der Waals surface area contributed by atoms with Gasteiger partial charge in [0.2, 0.25) is 0 Å². The van der Waals surface area contributed by atoms with Gasteiger partial charge in [-0.2, -0.15) is 0 Å². The lowest BCUT2D eigenvalue weighted by Crippen LogP contribution is -2.37. The molecule has 0 fully saturated rings. The van der Waals surface area contributed by atoms with E-state index >= 15 is 0 Å². The Kier molecular flexibility index (Phi) is 14.8. The molecule has 0 aliphatic heterocycles. The zero-order chi connectivity index (χ0) is 30.4. The summed E-state index contributed by atoms with van der Waals surface area (Å²) in [6, 6.07) is 3.24. The first kappa shape index (κ1) is 34.5. The van der Waals surface area contributed by atoms with E-state index in [9.17, 15) is 19.2 Å². The summed E-state index contributed by atoms with van der Waals surface area (Å²) < 4.78 is 36.0. The third-order valence-electron chi connectivity index (χ3n) is 5.77. The average Bonchev–Trinajstić information content (AvgIpc) is 2.87. The van der Waals surface area contributed by atoms with Crippen LogP contribution in [0.15, 0.2) is 18.2 Å². The predicted octanol–water partition coefficient (Wildman–Crippen LogP) is 5.17. The summed E-state index contributed by atoms with van der Waals surface area (Å²) in [6.07, 6.45) is -3.79. The molecule has 0 amide bonds. The molecule has 1 aromatic carbocycles. The standard InChI is InChI=1S/C28H43NO11/c1-9-12-34-26(31)35-15-18(6)36-25(30)22(29)13-21-10-11-23(39-27(32)37-19(7)16(2)3)24(14-21)40-28(33)38-20(8)17(4)5/h10-11,14,16-20,22H,9,12-13,15,29H2,1-8H3/t18-,19?,20?,22-/m0/s1. The Morgan fingerprint density at radius 2 is 1.30 bits per heavy atom. The van der Waals surface area contributed by atoms with Gasteiger partial charge >= 0.3 is 24.4 Å². The molecule has 0 aromatic heterocycles. The monoisotopic (exact) mass is 569 g/mol. The summed E-state index contributed by atoms with van der Waals surface area (Å²) in [7, 11) is 0. The van der Waals surface area contributed by atoms with E-state index in [2.05, 4.69) is 0 Å². The van der Waals surface area contributed by atoms with E-state index in [1.807, 2.05) is 34.6 Å². The van der Waals surface area contributed by atoms with Crippen LogP contribution >= 0.6 is 0 Å². The van der Waals surface area contributed by atoms with Gasteiger partial charge < -0.3 is 38.9 Å². The highest BCUT2D eigenvalue weighted by Crippen LogP contribution is 2.30. The molecule has 1 aromatic rings. The van der Waals surface area contributed by atoms with Crippen LogP contribution in [0.25, 0.3) is 0 Å². The molecule has 2 unspecified atom stereocenters. The van der Waals surface area contributed by atoms with E-state index in [0.29, 0.717) is 12.0 Å². The second-order valence-corrected chi connectivity index (χ2v) is 10.1. The van der Waals surface area contributed by atoms with Gasteiger partial charge in [-0.3, -0.25) is 4.79 Å². The highest BCUT2D eigenvalue weighted by molar-refractivity contribution is 5.76. The Labute approximate surface area is 235 Å². The number of benzene rings is 1. The van der Waals surface area contributed by atoms with Gasteiger partial charge in [0.05, 0.1) is 6.61 Å². The molecule has 226 valence electrons. The van der Waals surface area contributed by atoms with Crippen molar-refractivity contribution in [3.05, 3.63) is 23.8 Å². The molecule has 12 heteroatoms. The predicted molar refractivity (Wildman–Crippen MR) is 144 cm³/mol. The molecule has 40 heavy (non-hydrogen) atoms. The number of rotatable bonds is 14. The van der Waals surface area contributed by atoms with Crippen LogP contribution < -0.4 is 15.2 Å². The van der Waals surface area contributed by atoms with Crippen molar-refractivity contribution in [1.29, 1.82) is 0 Å². The summed E-state index contributed by atoms with van der Waals surface area (Å²) in [5.41, 5.74) is 6.51. The molecule has 0 aliphatic rings. The molecule has 2 N–H and O–H groups in total. The zero-order valence-electron chi connectivity index (χ0n) is 24.6. The first-order valence-corrected chi connectivity index (χ1v) is 13.4.